The Balaban J connectivity index is 2.08. The van der Waals surface area contributed by atoms with E-state index in [0.29, 0.717) is 12.0 Å². The molecule has 0 bridgehead atoms. The maximum atomic E-state index is 13.0. The molecule has 2 aromatic carbocycles. The summed E-state index contributed by atoms with van der Waals surface area (Å²) in [6.07, 6.45) is -3.63. The van der Waals surface area contributed by atoms with Crippen LogP contribution < -0.4 is 0 Å². The molecule has 0 radical (unpaired) electrons. The van der Waals surface area contributed by atoms with Gasteiger partial charge in [0.05, 0.1) is 16.1 Å². The fourth-order valence-electron chi connectivity index (χ4n) is 2.53. The molecule has 0 N–H and O–H groups in total. The number of benzene rings is 2. The van der Waals surface area contributed by atoms with Gasteiger partial charge in [0.25, 0.3) is 0 Å². The maximum Gasteiger partial charge on any atom is 0.416 e. The Morgan fingerprint density at radius 1 is 0.808 bits per heavy atom. The van der Waals surface area contributed by atoms with E-state index < -0.39 is 26.3 Å². The van der Waals surface area contributed by atoms with Crippen molar-refractivity contribution >= 4 is 9.84 Å². The first kappa shape index (κ1) is 20.5. The van der Waals surface area contributed by atoms with E-state index >= 15 is 0 Å². The summed E-state index contributed by atoms with van der Waals surface area (Å²) in [4.78, 5) is 0. The van der Waals surface area contributed by atoms with Crippen molar-refractivity contribution in [3.05, 3.63) is 70.8 Å². The lowest BCUT2D eigenvalue weighted by molar-refractivity contribution is -0.138. The van der Waals surface area contributed by atoms with Crippen LogP contribution in [-0.4, -0.2) is 13.2 Å². The van der Waals surface area contributed by atoms with Crippen molar-refractivity contribution in [2.45, 2.75) is 50.3 Å². The third kappa shape index (κ3) is 5.10. The Bertz CT molecular complexity index is 846. The molecule has 0 saturated heterocycles. The minimum Gasteiger partial charge on any atom is -0.228 e. The summed E-state index contributed by atoms with van der Waals surface area (Å²) < 4.78 is 62.7. The summed E-state index contributed by atoms with van der Waals surface area (Å²) in [6.45, 7) is 4.98. The largest absolute Gasteiger partial charge is 0.416 e. The molecule has 0 spiro atoms. The SMILES string of the molecule is CC(C)(C)S(=O)(=O)Cc1ccc(CCc2ccccc2C(F)(F)F)cc1. The Morgan fingerprint density at radius 3 is 1.88 bits per heavy atom. The van der Waals surface area contributed by atoms with Crippen LogP contribution in [0, 0.1) is 0 Å². The third-order valence-corrected chi connectivity index (χ3v) is 6.90. The summed E-state index contributed by atoms with van der Waals surface area (Å²) in [5.74, 6) is -0.0479. The lowest BCUT2D eigenvalue weighted by atomic mass is 9.99. The minimum atomic E-state index is -4.36. The van der Waals surface area contributed by atoms with Gasteiger partial charge in [0, 0.05) is 0 Å². The van der Waals surface area contributed by atoms with Crippen LogP contribution in [0.15, 0.2) is 48.5 Å². The first-order chi connectivity index (χ1) is 11.9. The monoisotopic (exact) mass is 384 g/mol. The molecule has 0 aliphatic heterocycles. The summed E-state index contributed by atoms with van der Waals surface area (Å²) >= 11 is 0. The molecule has 0 fully saturated rings. The van der Waals surface area contributed by atoms with Gasteiger partial charge in [0.15, 0.2) is 9.84 Å². The van der Waals surface area contributed by atoms with Crippen LogP contribution in [0.4, 0.5) is 13.2 Å². The molecule has 0 amide bonds. The molecule has 0 aliphatic carbocycles. The zero-order valence-electron chi connectivity index (χ0n) is 15.1. The Hall–Kier alpha value is -1.82. The third-order valence-electron chi connectivity index (χ3n) is 4.32. The van der Waals surface area contributed by atoms with Crippen LogP contribution in [0.5, 0.6) is 0 Å². The normalized spacial score (nSPS) is 13.0. The first-order valence-electron chi connectivity index (χ1n) is 8.35. The second-order valence-corrected chi connectivity index (χ2v) is 10.1. The van der Waals surface area contributed by atoms with Gasteiger partial charge in [-0.25, -0.2) is 8.42 Å². The van der Waals surface area contributed by atoms with Crippen LogP contribution in [0.25, 0.3) is 0 Å². The average molecular weight is 384 g/mol. The Labute approximate surface area is 153 Å². The quantitative estimate of drug-likeness (QED) is 0.710. The first-order valence-corrected chi connectivity index (χ1v) is 10.0. The van der Waals surface area contributed by atoms with Crippen molar-refractivity contribution in [1.29, 1.82) is 0 Å². The number of alkyl halides is 3. The van der Waals surface area contributed by atoms with Crippen LogP contribution >= 0.6 is 0 Å². The molecule has 2 aromatic rings. The number of rotatable bonds is 5. The predicted octanol–water partition coefficient (Wildman–Crippen LogP) is 5.20. The Kier molecular flexibility index (Phi) is 5.85. The molecule has 2 rings (SSSR count). The predicted molar refractivity (Wildman–Crippen MR) is 97.7 cm³/mol. The van der Waals surface area contributed by atoms with E-state index in [0.717, 1.165) is 11.6 Å². The number of halogens is 3. The molecule has 0 saturated carbocycles. The molecule has 2 nitrogen and oxygen atoms in total. The lowest BCUT2D eigenvalue weighted by Gasteiger charge is -2.19. The zero-order chi connectivity index (χ0) is 19.6. The van der Waals surface area contributed by atoms with Crippen LogP contribution in [0.1, 0.15) is 43.0 Å². The second-order valence-electron chi connectivity index (χ2n) is 7.34. The van der Waals surface area contributed by atoms with Crippen molar-refractivity contribution in [1.82, 2.24) is 0 Å². The highest BCUT2D eigenvalue weighted by atomic mass is 32.2. The Morgan fingerprint density at radius 2 is 1.35 bits per heavy atom. The number of hydrogen-bond acceptors (Lipinski definition) is 2. The van der Waals surface area contributed by atoms with Gasteiger partial charge in [-0.05, 0) is 56.4 Å². The lowest BCUT2D eigenvalue weighted by Crippen LogP contribution is -2.29. The summed E-state index contributed by atoms with van der Waals surface area (Å²) in [5, 5.41) is 0. The van der Waals surface area contributed by atoms with E-state index in [2.05, 4.69) is 0 Å². The molecule has 26 heavy (non-hydrogen) atoms. The van der Waals surface area contributed by atoms with Crippen molar-refractivity contribution in [2.75, 3.05) is 0 Å². The van der Waals surface area contributed by atoms with Gasteiger partial charge in [-0.2, -0.15) is 13.2 Å². The summed E-state index contributed by atoms with van der Waals surface area (Å²) in [7, 11) is -3.27. The van der Waals surface area contributed by atoms with E-state index in [4.69, 9.17) is 0 Å². The molecular formula is C20H23F3O2S. The second kappa shape index (κ2) is 7.43. The number of aryl methyl sites for hydroxylation is 2. The molecular weight excluding hydrogens is 361 g/mol. The average Bonchev–Trinajstić information content (AvgIpc) is 2.52. The molecule has 0 aromatic heterocycles. The molecule has 0 aliphatic rings. The molecule has 142 valence electrons. The smallest absolute Gasteiger partial charge is 0.228 e. The van der Waals surface area contributed by atoms with E-state index in [-0.39, 0.29) is 17.7 Å². The number of sulfone groups is 1. The molecule has 0 unspecified atom stereocenters. The number of hydrogen-bond donors (Lipinski definition) is 0. The zero-order valence-corrected chi connectivity index (χ0v) is 15.9. The van der Waals surface area contributed by atoms with Crippen molar-refractivity contribution in [3.63, 3.8) is 0 Å². The van der Waals surface area contributed by atoms with E-state index in [1.807, 2.05) is 0 Å². The molecule has 0 heterocycles. The van der Waals surface area contributed by atoms with Gasteiger partial charge in [-0.15, -0.1) is 0 Å². The topological polar surface area (TPSA) is 34.1 Å². The highest BCUT2D eigenvalue weighted by molar-refractivity contribution is 7.91. The molecule has 0 atom stereocenters. The van der Waals surface area contributed by atoms with Crippen molar-refractivity contribution in [2.24, 2.45) is 0 Å². The van der Waals surface area contributed by atoms with E-state index in [1.165, 1.54) is 12.1 Å². The van der Waals surface area contributed by atoms with Gasteiger partial charge in [-0.3, -0.25) is 0 Å². The standard InChI is InChI=1S/C20H23F3O2S/c1-19(2,3)26(24,25)14-16-10-8-15(9-11-16)12-13-17-6-4-5-7-18(17)20(21,22)23/h4-11H,12-14H2,1-3H3. The van der Waals surface area contributed by atoms with Crippen molar-refractivity contribution in [3.8, 4) is 0 Å². The molecule has 6 heteroatoms. The van der Waals surface area contributed by atoms with Crippen LogP contribution in [0.3, 0.4) is 0 Å². The van der Waals surface area contributed by atoms with Crippen LogP contribution in [-0.2, 0) is 34.6 Å². The fraction of sp³-hybridized carbons (Fsp3) is 0.400. The fourth-order valence-corrected chi connectivity index (χ4v) is 3.60. The summed E-state index contributed by atoms with van der Waals surface area (Å²) in [6, 6.07) is 12.6. The van der Waals surface area contributed by atoms with Gasteiger partial charge < -0.3 is 0 Å². The summed E-state index contributed by atoms with van der Waals surface area (Å²) in [5.41, 5.74) is 1.21. The highest BCUT2D eigenvalue weighted by Gasteiger charge is 2.32. The van der Waals surface area contributed by atoms with E-state index in [1.54, 1.807) is 51.1 Å². The van der Waals surface area contributed by atoms with Gasteiger partial charge in [-0.1, -0.05) is 42.5 Å². The van der Waals surface area contributed by atoms with Gasteiger partial charge >= 0.3 is 6.18 Å². The maximum absolute atomic E-state index is 13.0. The highest BCUT2D eigenvalue weighted by Crippen LogP contribution is 2.32. The van der Waals surface area contributed by atoms with Crippen LogP contribution in [0.2, 0.25) is 0 Å². The van der Waals surface area contributed by atoms with Gasteiger partial charge in [0.1, 0.15) is 0 Å². The van der Waals surface area contributed by atoms with Gasteiger partial charge in [0.2, 0.25) is 0 Å². The minimum absolute atomic E-state index is 0.0479. The van der Waals surface area contributed by atoms with E-state index in [9.17, 15) is 21.6 Å². The van der Waals surface area contributed by atoms with Crippen molar-refractivity contribution < 1.29 is 21.6 Å².